The zero-order chi connectivity index (χ0) is 18.9. The first-order chi connectivity index (χ1) is 11.8. The number of hydrogen-bond donors (Lipinski definition) is 1. The quantitative estimate of drug-likeness (QED) is 0.383. The van der Waals surface area contributed by atoms with Crippen molar-refractivity contribution in [3.8, 4) is 0 Å². The van der Waals surface area contributed by atoms with E-state index >= 15 is 0 Å². The van der Waals surface area contributed by atoms with Gasteiger partial charge in [0.2, 0.25) is 5.91 Å². The van der Waals surface area contributed by atoms with Gasteiger partial charge in [0.15, 0.2) is 6.39 Å². The molecular weight excluding hydrogens is 388 g/mol. The van der Waals surface area contributed by atoms with Crippen molar-refractivity contribution in [2.45, 2.75) is 33.3 Å². The Hall–Kier alpha value is -2.15. The number of aromatic nitrogens is 1. The first-order valence-electron chi connectivity index (χ1n) is 7.71. The van der Waals surface area contributed by atoms with Gasteiger partial charge in [-0.05, 0) is 26.3 Å². The molecule has 0 bridgehead atoms. The molecule has 1 aromatic rings. The highest BCUT2D eigenvalue weighted by molar-refractivity contribution is 9.09. The maximum absolute atomic E-state index is 11.7. The summed E-state index contributed by atoms with van der Waals surface area (Å²) < 4.78 is 10.5. The smallest absolute Gasteiger partial charge is 0.317 e. The molecule has 1 atom stereocenters. The summed E-state index contributed by atoms with van der Waals surface area (Å²) in [5.74, 6) is -0.215. The average molecular weight is 411 g/mol. The van der Waals surface area contributed by atoms with E-state index in [1.807, 2.05) is 18.2 Å². The van der Waals surface area contributed by atoms with Crippen LogP contribution in [0.5, 0.6) is 0 Å². The Bertz CT molecular complexity index is 661. The number of nitrogens with two attached hydrogens (primary N) is 1. The van der Waals surface area contributed by atoms with Gasteiger partial charge in [0.25, 0.3) is 0 Å². The molecule has 0 aliphatic carbocycles. The molecule has 6 nitrogen and oxygen atoms in total. The number of halogens is 1. The number of allylic oxidation sites excluding steroid dienone is 5. The fraction of sp³-hybridized carbons (Fsp3) is 0.389. The van der Waals surface area contributed by atoms with Crippen molar-refractivity contribution in [1.29, 1.82) is 0 Å². The van der Waals surface area contributed by atoms with Crippen LogP contribution in [-0.4, -0.2) is 28.3 Å². The lowest BCUT2D eigenvalue weighted by Gasteiger charge is -2.31. The second kappa shape index (κ2) is 9.98. The van der Waals surface area contributed by atoms with E-state index in [-0.39, 0.29) is 5.33 Å². The molecule has 0 saturated heterocycles. The molecule has 0 radical (unpaired) electrons. The molecule has 2 N–H and O–H groups in total. The van der Waals surface area contributed by atoms with Crippen LogP contribution >= 0.6 is 15.9 Å². The summed E-state index contributed by atoms with van der Waals surface area (Å²) >= 11 is 3.05. The molecule has 0 fully saturated rings. The fourth-order valence-corrected chi connectivity index (χ4v) is 2.20. The Balaban J connectivity index is 2.77. The number of rotatable bonds is 9. The van der Waals surface area contributed by atoms with Crippen LogP contribution in [0.2, 0.25) is 0 Å². The van der Waals surface area contributed by atoms with Gasteiger partial charge in [-0.1, -0.05) is 46.3 Å². The number of amides is 1. The number of nitrogens with zero attached hydrogens (tertiary/aromatic N) is 1. The van der Waals surface area contributed by atoms with E-state index < -0.39 is 23.4 Å². The van der Waals surface area contributed by atoms with E-state index in [0.717, 1.165) is 11.3 Å². The number of primary amides is 1. The maximum Gasteiger partial charge on any atom is 0.317 e. The lowest BCUT2D eigenvalue weighted by atomic mass is 9.82. The Morgan fingerprint density at radius 1 is 1.40 bits per heavy atom. The van der Waals surface area contributed by atoms with Crippen LogP contribution in [-0.2, 0) is 20.7 Å². The molecule has 7 heteroatoms. The van der Waals surface area contributed by atoms with Gasteiger partial charge >= 0.3 is 5.97 Å². The summed E-state index contributed by atoms with van der Waals surface area (Å²) in [6, 6.07) is 0. The second-order valence-electron chi connectivity index (χ2n) is 5.99. The molecule has 0 aromatic carbocycles. The third-order valence-corrected chi connectivity index (χ3v) is 4.04. The number of hydrogen-bond acceptors (Lipinski definition) is 5. The molecule has 1 aromatic heterocycles. The summed E-state index contributed by atoms with van der Waals surface area (Å²) in [6.45, 7) is 5.10. The number of carbonyl (C=O) groups excluding carboxylic acids is 2. The van der Waals surface area contributed by atoms with Crippen molar-refractivity contribution in [3.63, 3.8) is 0 Å². The van der Waals surface area contributed by atoms with Gasteiger partial charge in [0, 0.05) is 6.42 Å². The van der Waals surface area contributed by atoms with Gasteiger partial charge in [-0.25, -0.2) is 4.98 Å². The zero-order valence-electron chi connectivity index (χ0n) is 14.6. The highest BCUT2D eigenvalue weighted by Gasteiger charge is 2.38. The summed E-state index contributed by atoms with van der Waals surface area (Å²) in [7, 11) is 0. The molecule has 1 rings (SSSR count). The molecule has 136 valence electrons. The molecule has 1 heterocycles. The van der Waals surface area contributed by atoms with Gasteiger partial charge in [0.05, 0.1) is 11.6 Å². The van der Waals surface area contributed by atoms with Crippen LogP contribution in [0.3, 0.4) is 0 Å². The molecule has 0 aliphatic rings. The molecule has 25 heavy (non-hydrogen) atoms. The molecule has 0 saturated carbocycles. The molecular formula is C18H23BrN2O4. The Kier molecular flexibility index (Phi) is 8.34. The number of ether oxygens (including phenoxy) is 1. The van der Waals surface area contributed by atoms with Gasteiger partial charge in [0.1, 0.15) is 17.2 Å². The average Bonchev–Trinajstić information content (AvgIpc) is 3.08. The monoisotopic (exact) mass is 410 g/mol. The van der Waals surface area contributed by atoms with Crippen molar-refractivity contribution in [2.24, 2.45) is 11.1 Å². The van der Waals surface area contributed by atoms with Gasteiger partial charge in [-0.2, -0.15) is 0 Å². The highest BCUT2D eigenvalue weighted by Crippen LogP contribution is 2.29. The van der Waals surface area contributed by atoms with Crippen LogP contribution in [0.25, 0.3) is 0 Å². The van der Waals surface area contributed by atoms with E-state index in [1.54, 1.807) is 39.1 Å². The van der Waals surface area contributed by atoms with Crippen LogP contribution in [0.1, 0.15) is 26.5 Å². The third kappa shape index (κ3) is 6.70. The van der Waals surface area contributed by atoms with E-state index in [0.29, 0.717) is 6.42 Å². The Morgan fingerprint density at radius 2 is 2.12 bits per heavy atom. The number of oxazole rings is 1. The van der Waals surface area contributed by atoms with E-state index in [2.05, 4.69) is 20.9 Å². The van der Waals surface area contributed by atoms with Gasteiger partial charge in [-0.3, -0.25) is 9.59 Å². The Labute approximate surface area is 155 Å². The van der Waals surface area contributed by atoms with Crippen LogP contribution in [0.4, 0.5) is 0 Å². The van der Waals surface area contributed by atoms with Crippen molar-refractivity contribution in [1.82, 2.24) is 4.98 Å². The van der Waals surface area contributed by atoms with Crippen LogP contribution in [0, 0.1) is 5.41 Å². The molecule has 0 unspecified atom stereocenters. The van der Waals surface area contributed by atoms with Gasteiger partial charge < -0.3 is 14.9 Å². The molecule has 0 aliphatic heterocycles. The predicted octanol–water partition coefficient (Wildman–Crippen LogP) is 3.09. The standard InChI is InChI=1S/C18H23BrN2O4/c1-13(8-6-4-5-7-9-14-11-21-12-24-14)16(25-15(22)10-19)18(2,3)17(20)23/h4-8,11-12,16H,9-10H2,1-3H3,(H2,20,23)/b6-4-,7-5+,13-8-/t16-/m1/s1. The first-order valence-corrected chi connectivity index (χ1v) is 8.84. The minimum Gasteiger partial charge on any atom is -0.456 e. The Morgan fingerprint density at radius 3 is 2.68 bits per heavy atom. The van der Waals surface area contributed by atoms with E-state index in [1.165, 1.54) is 6.39 Å². The molecule has 0 spiro atoms. The zero-order valence-corrected chi connectivity index (χ0v) is 16.2. The van der Waals surface area contributed by atoms with E-state index in [4.69, 9.17) is 14.9 Å². The van der Waals surface area contributed by atoms with Crippen LogP contribution < -0.4 is 5.73 Å². The lowest BCUT2D eigenvalue weighted by molar-refractivity contribution is -0.152. The minimum atomic E-state index is -1.02. The fourth-order valence-electron chi connectivity index (χ4n) is 2.07. The number of alkyl halides is 1. The van der Waals surface area contributed by atoms with Crippen molar-refractivity contribution in [2.75, 3.05) is 5.33 Å². The maximum atomic E-state index is 11.7. The normalized spacial score (nSPS) is 14.2. The van der Waals surface area contributed by atoms with E-state index in [9.17, 15) is 9.59 Å². The highest BCUT2D eigenvalue weighted by atomic mass is 79.9. The predicted molar refractivity (Wildman–Crippen MR) is 98.9 cm³/mol. The first kappa shape index (κ1) is 20.9. The number of esters is 1. The number of carbonyl (C=O) groups is 2. The molecule has 1 amide bonds. The third-order valence-electron chi connectivity index (χ3n) is 3.58. The second-order valence-corrected chi connectivity index (χ2v) is 6.55. The summed E-state index contributed by atoms with van der Waals surface area (Å²) in [4.78, 5) is 27.2. The largest absolute Gasteiger partial charge is 0.456 e. The summed E-state index contributed by atoms with van der Waals surface area (Å²) in [5, 5.41) is 0.0475. The summed E-state index contributed by atoms with van der Waals surface area (Å²) in [6.07, 6.45) is 12.2. The SMILES string of the molecule is C/C(=C/C=C\C=C\Cc1cnco1)[C@@H](OC(=O)CBr)C(C)(C)C(N)=O. The van der Waals surface area contributed by atoms with Crippen molar-refractivity contribution < 1.29 is 18.7 Å². The van der Waals surface area contributed by atoms with Crippen molar-refractivity contribution in [3.05, 3.63) is 54.3 Å². The summed E-state index contributed by atoms with van der Waals surface area (Å²) in [5.41, 5.74) is 5.16. The van der Waals surface area contributed by atoms with Crippen molar-refractivity contribution >= 4 is 27.8 Å². The van der Waals surface area contributed by atoms with Gasteiger partial charge in [-0.15, -0.1) is 0 Å². The minimum absolute atomic E-state index is 0.0475. The topological polar surface area (TPSA) is 95.4 Å². The lowest BCUT2D eigenvalue weighted by Crippen LogP contribution is -2.45. The van der Waals surface area contributed by atoms with Crippen LogP contribution in [0.15, 0.2) is 53.0 Å².